The molecule has 1 fully saturated rings. The Morgan fingerprint density at radius 2 is 2.10 bits per heavy atom. The standard InChI is InChI=1S/C16H25N4O8P/c1-7(21)29(25,26)28-16(2,3)6-9-10(22)11(23)14(27-9)20-5-4-8-12(20)18-15(17)19-13(8)24/h4-5,7,9-11,14,21-23H,6H2,1-3H3,(H,25,26)(H3,17,18,19,24)/t7?,9-,10-,11-,14-/m1/s1. The van der Waals surface area contributed by atoms with Crippen LogP contribution in [0.15, 0.2) is 17.1 Å². The summed E-state index contributed by atoms with van der Waals surface area (Å²) in [6, 6.07) is 1.48. The average molecular weight is 432 g/mol. The van der Waals surface area contributed by atoms with Crippen LogP contribution in [-0.4, -0.2) is 64.5 Å². The van der Waals surface area contributed by atoms with Gasteiger partial charge in [0.15, 0.2) is 17.7 Å². The van der Waals surface area contributed by atoms with Crippen molar-refractivity contribution >= 4 is 24.6 Å². The van der Waals surface area contributed by atoms with Crippen LogP contribution >= 0.6 is 7.60 Å². The Bertz CT molecular complexity index is 1000. The van der Waals surface area contributed by atoms with Crippen molar-refractivity contribution in [2.45, 2.75) is 63.2 Å². The quantitative estimate of drug-likeness (QED) is 0.328. The van der Waals surface area contributed by atoms with E-state index < -0.39 is 49.1 Å². The van der Waals surface area contributed by atoms with Crippen LogP contribution < -0.4 is 11.3 Å². The third-order valence-corrected chi connectivity index (χ3v) is 6.45. The molecule has 0 aromatic carbocycles. The highest BCUT2D eigenvalue weighted by Gasteiger charge is 2.47. The highest BCUT2D eigenvalue weighted by Crippen LogP contribution is 2.51. The summed E-state index contributed by atoms with van der Waals surface area (Å²) < 4.78 is 24.3. The second-order valence-corrected chi connectivity index (χ2v) is 9.77. The summed E-state index contributed by atoms with van der Waals surface area (Å²) in [5.41, 5.74) is 4.04. The van der Waals surface area contributed by atoms with E-state index in [1.807, 2.05) is 0 Å². The van der Waals surface area contributed by atoms with Gasteiger partial charge in [-0.05, 0) is 26.8 Å². The SMILES string of the molecule is CC(O)P(=O)(O)OC(C)(C)C[C@H]1O[C@@H](n2ccc3c(=O)[nH]c(N)nc32)[C@H](O)[C@@H]1O. The predicted octanol–water partition coefficient (Wildman–Crippen LogP) is -0.365. The van der Waals surface area contributed by atoms with E-state index in [0.717, 1.165) is 6.92 Å². The number of nitrogen functional groups attached to an aromatic ring is 1. The maximum Gasteiger partial charge on any atom is 0.356 e. The summed E-state index contributed by atoms with van der Waals surface area (Å²) in [5.74, 6) is -1.70. The van der Waals surface area contributed by atoms with E-state index in [0.29, 0.717) is 0 Å². The summed E-state index contributed by atoms with van der Waals surface area (Å²) in [6.45, 7) is 4.14. The first-order valence-corrected chi connectivity index (χ1v) is 10.6. The lowest BCUT2D eigenvalue weighted by molar-refractivity contribution is -0.0613. The van der Waals surface area contributed by atoms with Crippen LogP contribution in [0.3, 0.4) is 0 Å². The number of rotatable bonds is 6. The molecular weight excluding hydrogens is 407 g/mol. The van der Waals surface area contributed by atoms with Gasteiger partial charge in [-0.3, -0.25) is 14.3 Å². The Hall–Kier alpha value is -1.79. The van der Waals surface area contributed by atoms with Crippen molar-refractivity contribution in [2.75, 3.05) is 5.73 Å². The molecule has 0 amide bonds. The van der Waals surface area contributed by atoms with E-state index in [4.69, 9.17) is 15.0 Å². The Morgan fingerprint density at radius 3 is 2.72 bits per heavy atom. The number of nitrogens with zero attached hydrogens (tertiary/aromatic N) is 2. The van der Waals surface area contributed by atoms with Crippen molar-refractivity contribution in [1.29, 1.82) is 0 Å². The molecule has 1 aliphatic rings. The molecule has 2 aromatic heterocycles. The first kappa shape index (κ1) is 21.9. The van der Waals surface area contributed by atoms with Crippen molar-refractivity contribution < 1.29 is 34.0 Å². The van der Waals surface area contributed by atoms with Crippen LogP contribution in [0.2, 0.25) is 0 Å². The lowest BCUT2D eigenvalue weighted by atomic mass is 9.97. The second kappa shape index (κ2) is 7.47. The fourth-order valence-corrected chi connectivity index (χ4v) is 4.28. The van der Waals surface area contributed by atoms with Crippen LogP contribution in [0.1, 0.15) is 33.4 Å². The number of anilines is 1. The number of aromatic amines is 1. The fourth-order valence-electron chi connectivity index (χ4n) is 3.35. The van der Waals surface area contributed by atoms with Crippen LogP contribution in [0.4, 0.5) is 5.95 Å². The molecule has 0 saturated carbocycles. The number of H-pyrrole nitrogens is 1. The van der Waals surface area contributed by atoms with E-state index in [1.165, 1.54) is 30.7 Å². The molecule has 0 bridgehead atoms. The van der Waals surface area contributed by atoms with Crippen molar-refractivity contribution in [1.82, 2.24) is 14.5 Å². The van der Waals surface area contributed by atoms with Crippen LogP contribution in [-0.2, 0) is 13.8 Å². The lowest BCUT2D eigenvalue weighted by Gasteiger charge is -2.31. The zero-order valence-corrected chi connectivity index (χ0v) is 17.0. The minimum absolute atomic E-state index is 0.0612. The number of aliphatic hydroxyl groups excluding tert-OH is 3. The summed E-state index contributed by atoms with van der Waals surface area (Å²) in [7, 11) is -4.30. The van der Waals surface area contributed by atoms with Gasteiger partial charge in [-0.1, -0.05) is 0 Å². The highest BCUT2D eigenvalue weighted by atomic mass is 31.2. The second-order valence-electron chi connectivity index (χ2n) is 7.71. The Balaban J connectivity index is 1.84. The van der Waals surface area contributed by atoms with E-state index in [9.17, 15) is 29.6 Å². The third-order valence-electron chi connectivity index (χ3n) is 4.75. The molecule has 3 rings (SSSR count). The first-order valence-electron chi connectivity index (χ1n) is 8.91. The van der Waals surface area contributed by atoms with Crippen LogP contribution in [0, 0.1) is 0 Å². The molecule has 1 saturated heterocycles. The van der Waals surface area contributed by atoms with Gasteiger partial charge in [-0.15, -0.1) is 0 Å². The average Bonchev–Trinajstić information content (AvgIpc) is 3.10. The molecule has 0 spiro atoms. The van der Waals surface area contributed by atoms with Crippen molar-refractivity contribution in [3.05, 3.63) is 22.6 Å². The number of aromatic nitrogens is 3. The predicted molar refractivity (Wildman–Crippen MR) is 102 cm³/mol. The molecule has 3 heterocycles. The summed E-state index contributed by atoms with van der Waals surface area (Å²) in [6.07, 6.45) is -3.33. The maximum absolute atomic E-state index is 12.0. The van der Waals surface area contributed by atoms with Crippen LogP contribution in [0.25, 0.3) is 11.0 Å². The number of hydrogen-bond acceptors (Lipinski definition) is 9. The molecule has 7 N–H and O–H groups in total. The van der Waals surface area contributed by atoms with E-state index >= 15 is 0 Å². The largest absolute Gasteiger partial charge is 0.388 e. The molecule has 0 aliphatic carbocycles. The van der Waals surface area contributed by atoms with Gasteiger partial charge in [-0.25, -0.2) is 0 Å². The number of nitrogens with two attached hydrogens (primary N) is 1. The maximum atomic E-state index is 12.0. The molecule has 2 aromatic rings. The van der Waals surface area contributed by atoms with Crippen molar-refractivity contribution in [3.8, 4) is 0 Å². The molecule has 2 unspecified atom stereocenters. The van der Waals surface area contributed by atoms with Gasteiger partial charge in [0, 0.05) is 12.6 Å². The van der Waals surface area contributed by atoms with E-state index in [2.05, 4.69) is 9.97 Å². The monoisotopic (exact) mass is 432 g/mol. The molecule has 1 aliphatic heterocycles. The van der Waals surface area contributed by atoms with E-state index in [-0.39, 0.29) is 23.4 Å². The minimum atomic E-state index is -4.30. The molecule has 162 valence electrons. The Kier molecular flexibility index (Phi) is 5.65. The van der Waals surface area contributed by atoms with Gasteiger partial charge >= 0.3 is 7.60 Å². The fraction of sp³-hybridized carbons (Fsp3) is 0.625. The Labute approximate surface area is 165 Å². The normalized spacial score (nSPS) is 28.5. The minimum Gasteiger partial charge on any atom is -0.388 e. The smallest absolute Gasteiger partial charge is 0.356 e. The number of ether oxygens (including phenoxy) is 1. The summed E-state index contributed by atoms with van der Waals surface area (Å²) in [5, 5.41) is 30.6. The van der Waals surface area contributed by atoms with Gasteiger partial charge in [-0.2, -0.15) is 4.98 Å². The molecule has 6 atom stereocenters. The van der Waals surface area contributed by atoms with Crippen LogP contribution in [0.5, 0.6) is 0 Å². The topological polar surface area (TPSA) is 193 Å². The van der Waals surface area contributed by atoms with E-state index in [1.54, 1.807) is 0 Å². The molecule has 29 heavy (non-hydrogen) atoms. The molecule has 13 heteroatoms. The first-order chi connectivity index (χ1) is 13.3. The van der Waals surface area contributed by atoms with Crippen molar-refractivity contribution in [2.24, 2.45) is 0 Å². The zero-order chi connectivity index (χ0) is 21.7. The number of nitrogens with one attached hydrogen (secondary N) is 1. The summed E-state index contributed by atoms with van der Waals surface area (Å²) in [4.78, 5) is 28.2. The number of aliphatic hydroxyl groups is 3. The van der Waals surface area contributed by atoms with Gasteiger partial charge in [0.1, 0.15) is 12.2 Å². The van der Waals surface area contributed by atoms with Gasteiger partial charge < -0.3 is 39.8 Å². The van der Waals surface area contributed by atoms with Gasteiger partial charge in [0.25, 0.3) is 5.56 Å². The van der Waals surface area contributed by atoms with Gasteiger partial charge in [0.05, 0.1) is 17.1 Å². The van der Waals surface area contributed by atoms with Crippen molar-refractivity contribution in [3.63, 3.8) is 0 Å². The Morgan fingerprint density at radius 1 is 1.45 bits per heavy atom. The molecule has 12 nitrogen and oxygen atoms in total. The molecule has 0 radical (unpaired) electrons. The number of fused-ring (bicyclic) bond motifs is 1. The zero-order valence-electron chi connectivity index (χ0n) is 16.1. The summed E-state index contributed by atoms with van der Waals surface area (Å²) >= 11 is 0. The lowest BCUT2D eigenvalue weighted by Crippen LogP contribution is -2.37. The highest BCUT2D eigenvalue weighted by molar-refractivity contribution is 7.53. The third kappa shape index (κ3) is 4.24. The van der Waals surface area contributed by atoms with Gasteiger partial charge in [0.2, 0.25) is 5.95 Å². The number of hydrogen-bond donors (Lipinski definition) is 6. The molecular formula is C16H25N4O8P.